The van der Waals surface area contributed by atoms with E-state index in [9.17, 15) is 5.11 Å². The van der Waals surface area contributed by atoms with Gasteiger partial charge in [0.15, 0.2) is 11.8 Å². The zero-order chi connectivity index (χ0) is 30.3. The molecular formula is C32H43ClFN3O5Si. The van der Waals surface area contributed by atoms with Gasteiger partial charge in [0.05, 0.1) is 23.9 Å². The molecule has 234 valence electrons. The third-order valence-corrected chi connectivity index (χ3v) is 10.9. The van der Waals surface area contributed by atoms with Gasteiger partial charge < -0.3 is 24.1 Å². The Kier molecular flexibility index (Phi) is 9.15. The highest BCUT2D eigenvalue weighted by Crippen LogP contribution is 2.40. The smallest absolute Gasteiger partial charge is 0.301 e. The largest absolute Gasteiger partial charge is 0.456 e. The number of nitrogens with zero attached hydrogens (tertiary/aromatic N) is 3. The Hall–Kier alpha value is -2.08. The van der Waals surface area contributed by atoms with Crippen molar-refractivity contribution in [1.29, 1.82) is 0 Å². The molecule has 8 nitrogen and oxygen atoms in total. The molecule has 0 saturated carbocycles. The van der Waals surface area contributed by atoms with E-state index >= 15 is 4.39 Å². The second-order valence-electron chi connectivity index (χ2n) is 13.4. The summed E-state index contributed by atoms with van der Waals surface area (Å²) < 4.78 is 41.2. The molecule has 2 aliphatic heterocycles. The third kappa shape index (κ3) is 6.65. The number of ether oxygens (including phenoxy) is 4. The van der Waals surface area contributed by atoms with Crippen molar-refractivity contribution in [2.45, 2.75) is 108 Å². The number of fused-ring (bicyclic) bond motifs is 3. The highest BCUT2D eigenvalue weighted by Gasteiger charge is 2.49. The molecule has 0 spiro atoms. The summed E-state index contributed by atoms with van der Waals surface area (Å²) in [7, 11) is -1.28. The summed E-state index contributed by atoms with van der Waals surface area (Å²) in [6.07, 6.45) is 3.45. The van der Waals surface area contributed by atoms with E-state index < -0.39 is 26.4 Å². The zero-order valence-electron chi connectivity index (χ0n) is 25.6. The number of halogens is 2. The lowest BCUT2D eigenvalue weighted by Gasteiger charge is -2.19. The van der Waals surface area contributed by atoms with Gasteiger partial charge in [0.25, 0.3) is 0 Å². The van der Waals surface area contributed by atoms with Crippen molar-refractivity contribution in [3.8, 4) is 6.01 Å². The van der Waals surface area contributed by atoms with Crippen LogP contribution in [0.25, 0.3) is 11.2 Å². The number of imidazole rings is 1. The first kappa shape index (κ1) is 30.9. The van der Waals surface area contributed by atoms with Crippen LogP contribution in [0.3, 0.4) is 0 Å². The fourth-order valence-electron chi connectivity index (χ4n) is 6.44. The molecule has 3 aromatic rings. The van der Waals surface area contributed by atoms with Crippen molar-refractivity contribution < 1.29 is 28.4 Å². The van der Waals surface area contributed by atoms with Crippen LogP contribution >= 0.6 is 11.6 Å². The van der Waals surface area contributed by atoms with Crippen molar-refractivity contribution in [2.24, 2.45) is 0 Å². The molecule has 2 saturated heterocycles. The van der Waals surface area contributed by atoms with Gasteiger partial charge in [0.1, 0.15) is 36.4 Å². The minimum atomic E-state index is -1.28. The van der Waals surface area contributed by atoms with Gasteiger partial charge in [0, 0.05) is 14.7 Å². The second-order valence-corrected chi connectivity index (χ2v) is 19.5. The lowest BCUT2D eigenvalue weighted by atomic mass is 9.93. The molecule has 2 fully saturated rings. The Morgan fingerprint density at radius 3 is 2.74 bits per heavy atom. The lowest BCUT2D eigenvalue weighted by molar-refractivity contribution is 0.00336. The van der Waals surface area contributed by atoms with Crippen molar-refractivity contribution >= 4 is 30.8 Å². The summed E-state index contributed by atoms with van der Waals surface area (Å²) >= 11 is 6.79. The molecule has 1 N–H and O–H groups in total. The van der Waals surface area contributed by atoms with Crippen LogP contribution in [0, 0.1) is 5.82 Å². The number of aromatic nitrogens is 3. The van der Waals surface area contributed by atoms with E-state index in [1.165, 1.54) is 0 Å². The van der Waals surface area contributed by atoms with E-state index in [0.29, 0.717) is 47.5 Å². The Labute approximate surface area is 258 Å². The first-order chi connectivity index (χ1) is 20.6. The normalized spacial score (nSPS) is 25.0. The Morgan fingerprint density at radius 1 is 1.14 bits per heavy atom. The molecule has 6 rings (SSSR count). The Morgan fingerprint density at radius 2 is 1.95 bits per heavy atom. The second kappa shape index (κ2) is 12.7. The van der Waals surface area contributed by atoms with E-state index in [0.717, 1.165) is 54.8 Å². The van der Waals surface area contributed by atoms with Crippen LogP contribution in [-0.2, 0) is 40.2 Å². The van der Waals surface area contributed by atoms with Crippen molar-refractivity contribution in [3.63, 3.8) is 0 Å². The summed E-state index contributed by atoms with van der Waals surface area (Å²) in [5.41, 5.74) is 4.92. The molecule has 2 aromatic heterocycles. The average Bonchev–Trinajstić information content (AvgIpc) is 3.71. The van der Waals surface area contributed by atoms with Gasteiger partial charge in [0.2, 0.25) is 0 Å². The molecule has 1 aromatic carbocycles. The lowest BCUT2D eigenvalue weighted by Crippen LogP contribution is -2.35. The maximum atomic E-state index is 15.4. The molecule has 11 heteroatoms. The average molecular weight is 632 g/mol. The van der Waals surface area contributed by atoms with Crippen LogP contribution < -0.4 is 4.74 Å². The summed E-state index contributed by atoms with van der Waals surface area (Å²) in [5, 5.41) is 10.7. The van der Waals surface area contributed by atoms with E-state index in [1.807, 2.05) is 10.6 Å². The van der Waals surface area contributed by atoms with Crippen LogP contribution in [-0.4, -0.2) is 72.0 Å². The number of pyridine rings is 1. The number of rotatable bonds is 12. The quantitative estimate of drug-likeness (QED) is 0.192. The molecule has 0 amide bonds. The molecule has 5 atom stereocenters. The minimum Gasteiger partial charge on any atom is -0.456 e. The number of hydrogen-bond donors (Lipinski definition) is 1. The van der Waals surface area contributed by atoms with Gasteiger partial charge in [-0.3, -0.25) is 4.57 Å². The SMILES string of the molecule is CCCCc1cc(F)c2c(c1)CC[C@@H]2Cc1nc2c(cc1Cl)nc(O[C@@H]1CO[C@H]3[C@@H]1OC[C@H]3O)n2COCC[Si](C)(C)C. The molecule has 0 unspecified atom stereocenters. The first-order valence-electron chi connectivity index (χ1n) is 15.6. The van der Waals surface area contributed by atoms with E-state index in [4.69, 9.17) is 40.5 Å². The fourth-order valence-corrected chi connectivity index (χ4v) is 7.42. The third-order valence-electron chi connectivity index (χ3n) is 8.87. The Balaban J connectivity index is 1.27. The summed E-state index contributed by atoms with van der Waals surface area (Å²) in [6, 6.07) is 7.09. The van der Waals surface area contributed by atoms with Crippen LogP contribution in [0.4, 0.5) is 4.39 Å². The molecule has 1 aliphatic carbocycles. The highest BCUT2D eigenvalue weighted by atomic mass is 35.5. The van der Waals surface area contributed by atoms with Crippen LogP contribution in [0.2, 0.25) is 30.7 Å². The van der Waals surface area contributed by atoms with Gasteiger partial charge in [-0.15, -0.1) is 0 Å². The van der Waals surface area contributed by atoms with Crippen LogP contribution in [0.5, 0.6) is 6.01 Å². The number of aliphatic hydroxyl groups is 1. The molecule has 43 heavy (non-hydrogen) atoms. The van der Waals surface area contributed by atoms with Crippen molar-refractivity contribution in [3.05, 3.63) is 51.4 Å². The first-order valence-corrected chi connectivity index (χ1v) is 19.7. The highest BCUT2D eigenvalue weighted by molar-refractivity contribution is 6.76. The van der Waals surface area contributed by atoms with Gasteiger partial charge in [-0.05, 0) is 72.9 Å². The Bertz CT molecular complexity index is 1460. The standard InChI is InChI=1S/C32H43ClFN3O5Si/c1-5-6-7-19-12-20-8-9-21(28(20)23(34)13-19)14-24-22(33)15-25-31(35-24)37(18-39-10-11-43(2,3)4)32(36-25)42-27-17-41-29-26(38)16-40-30(27)29/h12-13,15,21,26-27,29-30,38H,5-11,14,16-18H2,1-4H3/t21-,26-,27-,29-,30-/m1/s1. The monoisotopic (exact) mass is 631 g/mol. The molecule has 4 heterocycles. The topological polar surface area (TPSA) is 87.9 Å². The minimum absolute atomic E-state index is 0.0104. The fraction of sp³-hybridized carbons (Fsp3) is 0.625. The molecule has 0 radical (unpaired) electrons. The predicted octanol–water partition coefficient (Wildman–Crippen LogP) is 6.06. The molecule has 3 aliphatic rings. The van der Waals surface area contributed by atoms with Gasteiger partial charge >= 0.3 is 6.01 Å². The van der Waals surface area contributed by atoms with Crippen LogP contribution in [0.1, 0.15) is 54.5 Å². The molecule has 0 bridgehead atoms. The molecular weight excluding hydrogens is 589 g/mol. The van der Waals surface area contributed by atoms with Gasteiger partial charge in [-0.1, -0.05) is 50.7 Å². The van der Waals surface area contributed by atoms with E-state index in [-0.39, 0.29) is 31.2 Å². The predicted molar refractivity (Wildman–Crippen MR) is 166 cm³/mol. The van der Waals surface area contributed by atoms with Crippen molar-refractivity contribution in [1.82, 2.24) is 14.5 Å². The number of unbranched alkanes of at least 4 members (excludes halogenated alkanes) is 1. The van der Waals surface area contributed by atoms with E-state index in [1.54, 1.807) is 6.07 Å². The summed E-state index contributed by atoms with van der Waals surface area (Å²) in [5.74, 6) is -0.104. The van der Waals surface area contributed by atoms with Gasteiger partial charge in [-0.25, -0.2) is 9.37 Å². The number of aliphatic hydroxyl groups excluding tert-OH is 1. The maximum absolute atomic E-state index is 15.4. The van der Waals surface area contributed by atoms with Crippen molar-refractivity contribution in [2.75, 3.05) is 19.8 Å². The summed E-state index contributed by atoms with van der Waals surface area (Å²) in [4.78, 5) is 9.74. The van der Waals surface area contributed by atoms with Crippen LogP contribution in [0.15, 0.2) is 18.2 Å². The van der Waals surface area contributed by atoms with E-state index in [2.05, 4.69) is 32.6 Å². The summed E-state index contributed by atoms with van der Waals surface area (Å²) in [6.45, 7) is 10.5. The number of hydrogen-bond acceptors (Lipinski definition) is 7. The maximum Gasteiger partial charge on any atom is 0.301 e. The number of aryl methyl sites for hydroxylation is 2. The number of benzene rings is 1. The van der Waals surface area contributed by atoms with Gasteiger partial charge in [-0.2, -0.15) is 4.98 Å². The zero-order valence-corrected chi connectivity index (χ0v) is 27.3.